The lowest BCUT2D eigenvalue weighted by Crippen LogP contribution is -2.41. The predicted octanol–water partition coefficient (Wildman–Crippen LogP) is 1.89. The first-order valence-electron chi connectivity index (χ1n) is 6.85. The summed E-state index contributed by atoms with van der Waals surface area (Å²) in [5.41, 5.74) is 1.49. The summed E-state index contributed by atoms with van der Waals surface area (Å²) in [6, 6.07) is 11.7. The van der Waals surface area contributed by atoms with Gasteiger partial charge in [-0.25, -0.2) is 0 Å². The number of hydrogen-bond donors (Lipinski definition) is 0. The average molecular weight is 320 g/mol. The van der Waals surface area contributed by atoms with Gasteiger partial charge >= 0.3 is 0 Å². The average Bonchev–Trinajstić information content (AvgIpc) is 2.48. The number of carbonyl (C=O) groups is 1. The highest BCUT2D eigenvalue weighted by molar-refractivity contribution is 7.86. The summed E-state index contributed by atoms with van der Waals surface area (Å²) in [6.45, 7) is 3.59. The standard InChI is InChI=1S/C16H18NO4S/c1-13-6-8-15(9-7-13)22(19,20)21-12-11-17-10-4-3-5-16(17)14(2)18/h3-10H,11-12H2,1-2H3/q+1. The second-order valence-electron chi connectivity index (χ2n) is 4.92. The molecule has 2 rings (SSSR count). The van der Waals surface area contributed by atoms with E-state index in [0.29, 0.717) is 5.69 Å². The number of Topliss-reactive ketones (excluding diaryl/α,β-unsaturated/α-hetero) is 1. The summed E-state index contributed by atoms with van der Waals surface area (Å²) in [7, 11) is -3.78. The first kappa shape index (κ1) is 16.3. The van der Waals surface area contributed by atoms with E-state index in [0.717, 1.165) is 5.56 Å². The van der Waals surface area contributed by atoms with E-state index in [-0.39, 0.29) is 23.8 Å². The molecule has 0 N–H and O–H groups in total. The lowest BCUT2D eigenvalue weighted by molar-refractivity contribution is -0.699. The van der Waals surface area contributed by atoms with Crippen LogP contribution in [0.15, 0.2) is 53.6 Å². The van der Waals surface area contributed by atoms with Crippen molar-refractivity contribution in [1.82, 2.24) is 0 Å². The second-order valence-corrected chi connectivity index (χ2v) is 6.54. The number of carbonyl (C=O) groups excluding carboxylic acids is 1. The molecule has 0 fully saturated rings. The van der Waals surface area contributed by atoms with Crippen LogP contribution < -0.4 is 4.57 Å². The van der Waals surface area contributed by atoms with Crippen molar-refractivity contribution in [1.29, 1.82) is 0 Å². The van der Waals surface area contributed by atoms with Gasteiger partial charge in [0.1, 0.15) is 6.61 Å². The maximum absolute atomic E-state index is 12.1. The zero-order valence-electron chi connectivity index (χ0n) is 12.5. The predicted molar refractivity (Wildman–Crippen MR) is 81.0 cm³/mol. The van der Waals surface area contributed by atoms with Crippen LogP contribution in [0.4, 0.5) is 0 Å². The van der Waals surface area contributed by atoms with Crippen molar-refractivity contribution in [2.24, 2.45) is 0 Å². The molecule has 6 heteroatoms. The third-order valence-electron chi connectivity index (χ3n) is 3.18. The molecular weight excluding hydrogens is 302 g/mol. The van der Waals surface area contributed by atoms with E-state index in [9.17, 15) is 13.2 Å². The molecule has 5 nitrogen and oxygen atoms in total. The van der Waals surface area contributed by atoms with Gasteiger partial charge in [0.15, 0.2) is 12.7 Å². The molecule has 0 unspecified atom stereocenters. The molecule has 22 heavy (non-hydrogen) atoms. The second kappa shape index (κ2) is 6.81. The number of aromatic nitrogens is 1. The molecule has 1 aromatic heterocycles. The van der Waals surface area contributed by atoms with Crippen LogP contribution in [0.25, 0.3) is 0 Å². The van der Waals surface area contributed by atoms with Gasteiger partial charge in [-0.05, 0) is 25.1 Å². The Morgan fingerprint density at radius 1 is 1.14 bits per heavy atom. The lowest BCUT2D eigenvalue weighted by atomic mass is 10.2. The topological polar surface area (TPSA) is 64.3 Å². The fourth-order valence-corrected chi connectivity index (χ4v) is 2.91. The Morgan fingerprint density at radius 3 is 2.45 bits per heavy atom. The largest absolute Gasteiger partial charge is 0.297 e. The molecule has 1 heterocycles. The minimum atomic E-state index is -3.78. The summed E-state index contributed by atoms with van der Waals surface area (Å²) in [4.78, 5) is 11.6. The van der Waals surface area contributed by atoms with Crippen LogP contribution in [0.5, 0.6) is 0 Å². The first-order chi connectivity index (χ1) is 10.4. The smallest absolute Gasteiger partial charge is 0.288 e. The lowest BCUT2D eigenvalue weighted by Gasteiger charge is -2.05. The third-order valence-corrected chi connectivity index (χ3v) is 4.51. The fraction of sp³-hybridized carbons (Fsp3) is 0.250. The summed E-state index contributed by atoms with van der Waals surface area (Å²) in [5.74, 6) is -0.0815. The molecule has 1 aromatic carbocycles. The van der Waals surface area contributed by atoms with Crippen LogP contribution in [-0.2, 0) is 20.8 Å². The highest BCUT2D eigenvalue weighted by atomic mass is 32.2. The highest BCUT2D eigenvalue weighted by Gasteiger charge is 2.18. The van der Waals surface area contributed by atoms with Crippen molar-refractivity contribution in [2.75, 3.05) is 6.61 Å². The number of pyridine rings is 1. The molecule has 0 bridgehead atoms. The number of rotatable bonds is 6. The van der Waals surface area contributed by atoms with Crippen LogP contribution in [0.3, 0.4) is 0 Å². The van der Waals surface area contributed by atoms with Crippen LogP contribution in [0.2, 0.25) is 0 Å². The molecule has 0 aliphatic carbocycles. The Balaban J connectivity index is 2.05. The Labute approximate surface area is 130 Å². The molecule has 0 aliphatic rings. The van der Waals surface area contributed by atoms with Crippen LogP contribution in [0.1, 0.15) is 23.0 Å². The summed E-state index contributed by atoms with van der Waals surface area (Å²) in [5, 5.41) is 0. The molecule has 0 radical (unpaired) electrons. The van der Waals surface area contributed by atoms with Crippen molar-refractivity contribution in [3.63, 3.8) is 0 Å². The van der Waals surface area contributed by atoms with Gasteiger partial charge in [0, 0.05) is 19.1 Å². The first-order valence-corrected chi connectivity index (χ1v) is 8.26. The molecule has 0 saturated heterocycles. The summed E-state index contributed by atoms with van der Waals surface area (Å²) >= 11 is 0. The van der Waals surface area contributed by atoms with E-state index in [4.69, 9.17) is 4.18 Å². The third kappa shape index (κ3) is 3.99. The number of aryl methyl sites for hydroxylation is 1. The van der Waals surface area contributed by atoms with E-state index < -0.39 is 10.1 Å². The maximum atomic E-state index is 12.1. The minimum Gasteiger partial charge on any atom is -0.288 e. The fourth-order valence-electron chi connectivity index (χ4n) is 2.01. The number of benzene rings is 1. The van der Waals surface area contributed by atoms with Gasteiger partial charge in [-0.3, -0.25) is 8.98 Å². The molecule has 0 aliphatic heterocycles. The summed E-state index contributed by atoms with van der Waals surface area (Å²) in [6.07, 6.45) is 1.72. The van der Waals surface area contributed by atoms with Gasteiger partial charge < -0.3 is 0 Å². The van der Waals surface area contributed by atoms with Crippen molar-refractivity contribution in [2.45, 2.75) is 25.3 Å². The Kier molecular flexibility index (Phi) is 5.05. The van der Waals surface area contributed by atoms with E-state index in [1.54, 1.807) is 41.1 Å². The van der Waals surface area contributed by atoms with Crippen LogP contribution in [0, 0.1) is 6.92 Å². The summed E-state index contributed by atoms with van der Waals surface area (Å²) < 4.78 is 30.8. The maximum Gasteiger partial charge on any atom is 0.297 e. The monoisotopic (exact) mass is 320 g/mol. The number of nitrogens with zero attached hydrogens (tertiary/aromatic N) is 1. The molecule has 2 aromatic rings. The highest BCUT2D eigenvalue weighted by Crippen LogP contribution is 2.12. The van der Waals surface area contributed by atoms with Gasteiger partial charge in [-0.15, -0.1) is 0 Å². The van der Waals surface area contributed by atoms with Crippen molar-refractivity contribution >= 4 is 15.9 Å². The molecule has 116 valence electrons. The van der Waals surface area contributed by atoms with E-state index in [1.165, 1.54) is 19.1 Å². The molecule has 0 atom stereocenters. The van der Waals surface area contributed by atoms with Crippen LogP contribution >= 0.6 is 0 Å². The zero-order valence-corrected chi connectivity index (χ0v) is 13.3. The molecule has 0 amide bonds. The minimum absolute atomic E-state index is 0.0365. The molecular formula is C16H18NO4S+. The van der Waals surface area contributed by atoms with E-state index in [1.807, 2.05) is 6.92 Å². The Bertz CT molecular complexity index is 767. The van der Waals surface area contributed by atoms with Gasteiger partial charge in [-0.1, -0.05) is 17.7 Å². The molecule has 0 spiro atoms. The SMILES string of the molecule is CC(=O)c1cccc[n+]1CCOS(=O)(=O)c1ccc(C)cc1. The van der Waals surface area contributed by atoms with Gasteiger partial charge in [0.05, 0.1) is 4.90 Å². The number of ketones is 1. The Morgan fingerprint density at radius 2 is 1.82 bits per heavy atom. The zero-order chi connectivity index (χ0) is 16.2. The van der Waals surface area contributed by atoms with E-state index >= 15 is 0 Å². The molecule has 0 saturated carbocycles. The Hall–Kier alpha value is -2.05. The van der Waals surface area contributed by atoms with Crippen LogP contribution in [-0.4, -0.2) is 20.8 Å². The van der Waals surface area contributed by atoms with Crippen molar-refractivity contribution < 1.29 is 22.0 Å². The van der Waals surface area contributed by atoms with Gasteiger partial charge in [0.25, 0.3) is 10.1 Å². The normalized spacial score (nSPS) is 11.4. The quantitative estimate of drug-likeness (QED) is 0.463. The van der Waals surface area contributed by atoms with Gasteiger partial charge in [0.2, 0.25) is 11.5 Å². The van der Waals surface area contributed by atoms with Crippen molar-refractivity contribution in [3.8, 4) is 0 Å². The van der Waals surface area contributed by atoms with Crippen molar-refractivity contribution in [3.05, 3.63) is 59.9 Å². The number of hydrogen-bond acceptors (Lipinski definition) is 4. The van der Waals surface area contributed by atoms with Gasteiger partial charge in [-0.2, -0.15) is 13.0 Å². The van der Waals surface area contributed by atoms with E-state index in [2.05, 4.69) is 0 Å².